The van der Waals surface area contributed by atoms with Crippen LogP contribution in [-0.2, 0) is 11.0 Å². The summed E-state index contributed by atoms with van der Waals surface area (Å²) < 4.78 is 38.5. The number of nitrogens with zero attached hydrogens (tertiary/aromatic N) is 4. The van der Waals surface area contributed by atoms with Crippen LogP contribution in [0.25, 0.3) is 0 Å². The number of halogens is 3. The molecule has 0 atom stereocenters. The van der Waals surface area contributed by atoms with Gasteiger partial charge in [-0.2, -0.15) is 18.4 Å². The molecule has 1 saturated heterocycles. The van der Waals surface area contributed by atoms with Crippen molar-refractivity contribution in [2.45, 2.75) is 17.5 Å². The molecule has 168 valence electrons. The average molecular weight is 464 g/mol. The first-order valence-electron chi connectivity index (χ1n) is 9.70. The molecule has 32 heavy (non-hydrogen) atoms. The lowest BCUT2D eigenvalue weighted by atomic mass is 10.2. The van der Waals surface area contributed by atoms with E-state index in [0.29, 0.717) is 31.3 Å². The molecule has 11 heteroatoms. The van der Waals surface area contributed by atoms with E-state index in [9.17, 15) is 28.1 Å². The number of nitriles is 1. The molecular weight excluding hydrogens is 445 g/mol. The summed E-state index contributed by atoms with van der Waals surface area (Å²) in [5.41, 5.74) is -0.251. The minimum absolute atomic E-state index is 0.0189. The fourth-order valence-corrected chi connectivity index (χ4v) is 4.27. The molecule has 0 spiro atoms. The van der Waals surface area contributed by atoms with Gasteiger partial charge in [-0.05, 0) is 42.8 Å². The van der Waals surface area contributed by atoms with Gasteiger partial charge in [0.25, 0.3) is 5.69 Å². The molecular formula is C21H19F3N4O3S. The number of alkyl halides is 3. The highest BCUT2D eigenvalue weighted by molar-refractivity contribution is 8.00. The maximum Gasteiger partial charge on any atom is 0.416 e. The van der Waals surface area contributed by atoms with Crippen LogP contribution in [0.2, 0.25) is 0 Å². The summed E-state index contributed by atoms with van der Waals surface area (Å²) in [5.74, 6) is -0.339. The molecule has 0 radical (unpaired) electrons. The van der Waals surface area contributed by atoms with Gasteiger partial charge in [0.15, 0.2) is 0 Å². The third kappa shape index (κ3) is 5.70. The lowest BCUT2D eigenvalue weighted by Gasteiger charge is -2.23. The summed E-state index contributed by atoms with van der Waals surface area (Å²) >= 11 is 0.860. The summed E-state index contributed by atoms with van der Waals surface area (Å²) in [4.78, 5) is 26.8. The number of hydrogen-bond acceptors (Lipinski definition) is 6. The van der Waals surface area contributed by atoms with E-state index in [4.69, 9.17) is 5.26 Å². The van der Waals surface area contributed by atoms with Crippen LogP contribution in [0.15, 0.2) is 47.4 Å². The summed E-state index contributed by atoms with van der Waals surface area (Å²) in [7, 11) is 0. The Balaban J connectivity index is 1.61. The van der Waals surface area contributed by atoms with Crippen LogP contribution in [0.5, 0.6) is 0 Å². The molecule has 3 rings (SSSR count). The SMILES string of the molecule is N#Cc1ccc(N2CCCN(C(=O)CSc3ccc(C(F)(F)F)cc3[N+](=O)[O-])CC2)cc1. The Morgan fingerprint density at radius 3 is 2.47 bits per heavy atom. The van der Waals surface area contributed by atoms with Crippen molar-refractivity contribution in [2.24, 2.45) is 0 Å². The average Bonchev–Trinajstić information content (AvgIpc) is 3.03. The van der Waals surface area contributed by atoms with Gasteiger partial charge in [-0.3, -0.25) is 14.9 Å². The maximum atomic E-state index is 12.8. The molecule has 0 unspecified atom stereocenters. The van der Waals surface area contributed by atoms with E-state index in [1.54, 1.807) is 17.0 Å². The van der Waals surface area contributed by atoms with E-state index in [1.165, 1.54) is 0 Å². The highest BCUT2D eigenvalue weighted by Crippen LogP contribution is 2.36. The van der Waals surface area contributed by atoms with Gasteiger partial charge in [0, 0.05) is 37.9 Å². The first-order chi connectivity index (χ1) is 15.2. The van der Waals surface area contributed by atoms with E-state index < -0.39 is 22.4 Å². The molecule has 0 N–H and O–H groups in total. The zero-order valence-corrected chi connectivity index (χ0v) is 17.7. The Labute approximate surface area is 186 Å². The Hall–Kier alpha value is -3.26. The lowest BCUT2D eigenvalue weighted by molar-refractivity contribution is -0.388. The molecule has 2 aromatic rings. The number of carbonyl (C=O) groups is 1. The van der Waals surface area contributed by atoms with Gasteiger partial charge in [0.1, 0.15) is 0 Å². The summed E-state index contributed by atoms with van der Waals surface area (Å²) in [6.45, 7) is 2.28. The number of nitro groups is 1. The quantitative estimate of drug-likeness (QED) is 0.372. The molecule has 0 saturated carbocycles. The van der Waals surface area contributed by atoms with Crippen molar-refractivity contribution >= 4 is 29.0 Å². The third-order valence-corrected chi connectivity index (χ3v) is 6.09. The van der Waals surface area contributed by atoms with E-state index in [2.05, 4.69) is 11.0 Å². The van der Waals surface area contributed by atoms with Crippen LogP contribution in [0.3, 0.4) is 0 Å². The monoisotopic (exact) mass is 464 g/mol. The van der Waals surface area contributed by atoms with Gasteiger partial charge < -0.3 is 9.80 Å². The molecule has 7 nitrogen and oxygen atoms in total. The van der Waals surface area contributed by atoms with E-state index >= 15 is 0 Å². The summed E-state index contributed by atoms with van der Waals surface area (Å²) in [6, 6.07) is 11.6. The number of nitro benzene ring substituents is 1. The maximum absolute atomic E-state index is 12.8. The Bertz CT molecular complexity index is 1040. The van der Waals surface area contributed by atoms with E-state index in [0.717, 1.165) is 42.5 Å². The first kappa shape index (κ1) is 23.4. The van der Waals surface area contributed by atoms with Gasteiger partial charge in [0.05, 0.1) is 32.8 Å². The Kier molecular flexibility index (Phi) is 7.25. The Morgan fingerprint density at radius 1 is 1.12 bits per heavy atom. The van der Waals surface area contributed by atoms with Crippen molar-refractivity contribution in [3.05, 3.63) is 63.7 Å². The fraction of sp³-hybridized carbons (Fsp3) is 0.333. The zero-order chi connectivity index (χ0) is 23.3. The minimum atomic E-state index is -4.68. The number of carbonyl (C=O) groups excluding carboxylic acids is 1. The van der Waals surface area contributed by atoms with Crippen LogP contribution in [-0.4, -0.2) is 47.7 Å². The third-order valence-electron chi connectivity index (χ3n) is 5.04. The molecule has 0 aromatic heterocycles. The van der Waals surface area contributed by atoms with Crippen molar-refractivity contribution in [2.75, 3.05) is 36.8 Å². The molecule has 1 amide bonds. The lowest BCUT2D eigenvalue weighted by Crippen LogP contribution is -2.36. The van der Waals surface area contributed by atoms with Crippen molar-refractivity contribution < 1.29 is 22.9 Å². The largest absolute Gasteiger partial charge is 0.416 e. The second-order valence-electron chi connectivity index (χ2n) is 7.11. The normalized spacial score (nSPS) is 14.6. The van der Waals surface area contributed by atoms with Gasteiger partial charge in [-0.25, -0.2) is 0 Å². The standard InChI is InChI=1S/C21H19F3N4O3S/c22-21(23,24)16-4-7-19(18(12-16)28(30)31)32-14-20(29)27-9-1-8-26(10-11-27)17-5-2-15(13-25)3-6-17/h2-7,12H,1,8-11,14H2. The molecule has 0 bridgehead atoms. The smallest absolute Gasteiger partial charge is 0.370 e. The zero-order valence-electron chi connectivity index (χ0n) is 16.8. The van der Waals surface area contributed by atoms with Crippen molar-refractivity contribution in [1.29, 1.82) is 5.26 Å². The molecule has 1 heterocycles. The fourth-order valence-electron chi connectivity index (χ4n) is 3.36. The minimum Gasteiger partial charge on any atom is -0.370 e. The first-order valence-corrected chi connectivity index (χ1v) is 10.7. The number of amides is 1. The summed E-state index contributed by atoms with van der Waals surface area (Å²) in [5, 5.41) is 20.1. The van der Waals surface area contributed by atoms with Crippen LogP contribution in [0.4, 0.5) is 24.5 Å². The topological polar surface area (TPSA) is 90.5 Å². The number of rotatable bonds is 5. The molecule has 0 aliphatic carbocycles. The summed E-state index contributed by atoms with van der Waals surface area (Å²) in [6.07, 6.45) is -3.96. The van der Waals surface area contributed by atoms with E-state index in [-0.39, 0.29) is 16.6 Å². The van der Waals surface area contributed by atoms with Crippen molar-refractivity contribution in [3.8, 4) is 6.07 Å². The van der Waals surface area contributed by atoms with Gasteiger partial charge in [0.2, 0.25) is 5.91 Å². The second kappa shape index (κ2) is 9.91. The number of hydrogen-bond donors (Lipinski definition) is 0. The van der Waals surface area contributed by atoms with Crippen LogP contribution in [0, 0.1) is 21.4 Å². The predicted octanol–water partition coefficient (Wildman–Crippen LogP) is 4.32. The van der Waals surface area contributed by atoms with Crippen LogP contribution >= 0.6 is 11.8 Å². The number of anilines is 1. The molecule has 1 fully saturated rings. The highest BCUT2D eigenvalue weighted by atomic mass is 32.2. The van der Waals surface area contributed by atoms with Gasteiger partial charge >= 0.3 is 6.18 Å². The van der Waals surface area contributed by atoms with Crippen molar-refractivity contribution in [1.82, 2.24) is 4.90 Å². The van der Waals surface area contributed by atoms with Crippen LogP contribution < -0.4 is 4.90 Å². The predicted molar refractivity (Wildman–Crippen MR) is 113 cm³/mol. The van der Waals surface area contributed by atoms with Gasteiger partial charge in [-0.15, -0.1) is 11.8 Å². The van der Waals surface area contributed by atoms with Crippen LogP contribution in [0.1, 0.15) is 17.5 Å². The molecule has 1 aliphatic rings. The number of thioether (sulfide) groups is 1. The van der Waals surface area contributed by atoms with Crippen molar-refractivity contribution in [3.63, 3.8) is 0 Å². The molecule has 1 aliphatic heterocycles. The van der Waals surface area contributed by atoms with E-state index in [1.807, 2.05) is 12.1 Å². The van der Waals surface area contributed by atoms with Gasteiger partial charge in [-0.1, -0.05) is 0 Å². The Morgan fingerprint density at radius 2 is 1.84 bits per heavy atom. The highest BCUT2D eigenvalue weighted by Gasteiger charge is 2.33. The second-order valence-corrected chi connectivity index (χ2v) is 8.12. The molecule has 2 aromatic carbocycles. The number of benzene rings is 2.